The van der Waals surface area contributed by atoms with E-state index in [1.54, 1.807) is 0 Å². The number of aromatic carboxylic acids is 1. The molecule has 2 heterocycles. The highest BCUT2D eigenvalue weighted by Gasteiger charge is 2.41. The van der Waals surface area contributed by atoms with Crippen molar-refractivity contribution in [3.05, 3.63) is 11.8 Å². The number of amides is 1. The van der Waals surface area contributed by atoms with Crippen molar-refractivity contribution in [1.82, 2.24) is 4.98 Å². The number of carbonyl (C=O) groups excluding carboxylic acids is 1. The summed E-state index contributed by atoms with van der Waals surface area (Å²) in [6.07, 6.45) is 1.51. The fourth-order valence-corrected chi connectivity index (χ4v) is 1.83. The lowest BCUT2D eigenvalue weighted by Crippen LogP contribution is -2.38. The third-order valence-electron chi connectivity index (χ3n) is 2.82. The molecular weight excluding hydrogens is 212 g/mol. The van der Waals surface area contributed by atoms with E-state index >= 15 is 0 Å². The van der Waals surface area contributed by atoms with Crippen LogP contribution in [0.15, 0.2) is 6.07 Å². The summed E-state index contributed by atoms with van der Waals surface area (Å²) in [7, 11) is 0. The molecule has 6 heteroatoms. The third-order valence-corrected chi connectivity index (χ3v) is 2.82. The van der Waals surface area contributed by atoms with Crippen LogP contribution in [-0.2, 0) is 4.79 Å². The summed E-state index contributed by atoms with van der Waals surface area (Å²) >= 11 is 0. The Labute approximate surface area is 90.6 Å². The average Bonchev–Trinajstić information content (AvgIpc) is 2.97. The highest BCUT2D eigenvalue weighted by Crippen LogP contribution is 2.39. The second-order valence-corrected chi connectivity index (χ2v) is 4.09. The van der Waals surface area contributed by atoms with Gasteiger partial charge in [0.2, 0.25) is 0 Å². The maximum Gasteiger partial charge on any atom is 0.352 e. The number of carboxylic acids is 1. The van der Waals surface area contributed by atoms with Crippen LogP contribution < -0.4 is 10.1 Å². The van der Waals surface area contributed by atoms with Crippen LogP contribution in [0.5, 0.6) is 5.75 Å². The van der Waals surface area contributed by atoms with Gasteiger partial charge in [-0.05, 0) is 12.8 Å². The van der Waals surface area contributed by atoms with Crippen molar-refractivity contribution in [1.29, 1.82) is 0 Å². The second kappa shape index (κ2) is 3.01. The average molecular weight is 222 g/mol. The first-order valence-corrected chi connectivity index (χ1v) is 5.09. The van der Waals surface area contributed by atoms with E-state index in [-0.39, 0.29) is 17.5 Å². The van der Waals surface area contributed by atoms with Crippen molar-refractivity contribution in [2.45, 2.75) is 18.9 Å². The Kier molecular flexibility index (Phi) is 1.74. The number of carbonyl (C=O) groups is 2. The molecular formula is C10H10N2O4. The number of aromatic amines is 1. The molecule has 1 unspecified atom stereocenters. The standard InChI is InChI=1S/C10H10N2O4/c13-9-7(4-1-2-4)16-6-3-5(10(14)15)11-8(6)12-9/h3-4,7,11H,1-2H2,(H,12,13)(H,14,15). The molecule has 84 valence electrons. The van der Waals surface area contributed by atoms with Crippen molar-refractivity contribution in [2.75, 3.05) is 5.32 Å². The topological polar surface area (TPSA) is 91.4 Å². The van der Waals surface area contributed by atoms with E-state index in [0.717, 1.165) is 12.8 Å². The van der Waals surface area contributed by atoms with E-state index < -0.39 is 12.1 Å². The van der Waals surface area contributed by atoms with Crippen LogP contribution in [0.2, 0.25) is 0 Å². The van der Waals surface area contributed by atoms with Crippen molar-refractivity contribution in [2.24, 2.45) is 5.92 Å². The van der Waals surface area contributed by atoms with Gasteiger partial charge in [-0.25, -0.2) is 4.79 Å². The van der Waals surface area contributed by atoms with Gasteiger partial charge in [0.15, 0.2) is 17.7 Å². The van der Waals surface area contributed by atoms with Crippen molar-refractivity contribution in [3.63, 3.8) is 0 Å². The number of hydrogen-bond acceptors (Lipinski definition) is 3. The summed E-state index contributed by atoms with van der Waals surface area (Å²) in [5.74, 6) is -0.256. The predicted molar refractivity (Wildman–Crippen MR) is 53.5 cm³/mol. The number of hydrogen-bond donors (Lipinski definition) is 3. The lowest BCUT2D eigenvalue weighted by molar-refractivity contribution is -0.124. The largest absolute Gasteiger partial charge is 0.477 e. The lowest BCUT2D eigenvalue weighted by atomic mass is 10.2. The summed E-state index contributed by atoms with van der Waals surface area (Å²) in [5.41, 5.74) is 0.0155. The molecule has 1 aliphatic heterocycles. The minimum absolute atomic E-state index is 0.0155. The molecule has 0 saturated heterocycles. The molecule has 0 radical (unpaired) electrons. The van der Waals surface area contributed by atoms with Crippen LogP contribution >= 0.6 is 0 Å². The molecule has 1 fully saturated rings. The number of ether oxygens (including phenoxy) is 1. The van der Waals surface area contributed by atoms with Gasteiger partial charge in [0.1, 0.15) is 5.69 Å². The normalized spacial score (nSPS) is 23.2. The summed E-state index contributed by atoms with van der Waals surface area (Å²) in [6.45, 7) is 0. The van der Waals surface area contributed by atoms with Gasteiger partial charge in [-0.3, -0.25) is 4.79 Å². The van der Waals surface area contributed by atoms with Gasteiger partial charge in [0.05, 0.1) is 0 Å². The Morgan fingerprint density at radius 1 is 1.50 bits per heavy atom. The van der Waals surface area contributed by atoms with E-state index in [9.17, 15) is 9.59 Å². The molecule has 1 aromatic rings. The molecule has 1 amide bonds. The van der Waals surface area contributed by atoms with Crippen LogP contribution in [0.4, 0.5) is 5.82 Å². The minimum atomic E-state index is -1.07. The smallest absolute Gasteiger partial charge is 0.352 e. The van der Waals surface area contributed by atoms with Crippen LogP contribution in [0.3, 0.4) is 0 Å². The molecule has 0 spiro atoms. The summed E-state index contributed by atoms with van der Waals surface area (Å²) < 4.78 is 5.49. The van der Waals surface area contributed by atoms with E-state index in [1.165, 1.54) is 6.07 Å². The molecule has 1 aromatic heterocycles. The maximum atomic E-state index is 11.6. The molecule has 1 saturated carbocycles. The second-order valence-electron chi connectivity index (χ2n) is 4.09. The Morgan fingerprint density at radius 2 is 2.25 bits per heavy atom. The SMILES string of the molecule is O=C(O)c1cc2c([nH]1)NC(=O)C(C1CC1)O2. The highest BCUT2D eigenvalue weighted by molar-refractivity contribution is 5.99. The first-order valence-electron chi connectivity index (χ1n) is 5.09. The van der Waals surface area contributed by atoms with E-state index in [4.69, 9.17) is 9.84 Å². The van der Waals surface area contributed by atoms with Gasteiger partial charge in [0, 0.05) is 12.0 Å². The highest BCUT2D eigenvalue weighted by atomic mass is 16.5. The molecule has 3 rings (SSSR count). The van der Waals surface area contributed by atoms with Gasteiger partial charge < -0.3 is 20.1 Å². The number of aromatic nitrogens is 1. The van der Waals surface area contributed by atoms with E-state index in [2.05, 4.69) is 10.3 Å². The van der Waals surface area contributed by atoms with Crippen molar-refractivity contribution >= 4 is 17.7 Å². The zero-order chi connectivity index (χ0) is 11.3. The van der Waals surface area contributed by atoms with Crippen molar-refractivity contribution < 1.29 is 19.4 Å². The Bertz CT molecular complexity index is 475. The predicted octanol–water partition coefficient (Wildman–Crippen LogP) is 0.822. The number of nitrogens with one attached hydrogen (secondary N) is 2. The van der Waals surface area contributed by atoms with E-state index in [1.807, 2.05) is 0 Å². The first-order chi connectivity index (χ1) is 7.65. The quantitative estimate of drug-likeness (QED) is 0.690. The molecule has 6 nitrogen and oxygen atoms in total. The Balaban J connectivity index is 1.92. The van der Waals surface area contributed by atoms with Crippen molar-refractivity contribution in [3.8, 4) is 5.75 Å². The molecule has 2 aliphatic rings. The molecule has 1 atom stereocenters. The van der Waals surface area contributed by atoms with Gasteiger partial charge in [-0.1, -0.05) is 0 Å². The van der Waals surface area contributed by atoms with Crippen LogP contribution in [0, 0.1) is 5.92 Å². The minimum Gasteiger partial charge on any atom is -0.477 e. The van der Waals surface area contributed by atoms with Gasteiger partial charge in [0.25, 0.3) is 5.91 Å². The number of fused-ring (bicyclic) bond motifs is 1. The van der Waals surface area contributed by atoms with Gasteiger partial charge >= 0.3 is 5.97 Å². The monoisotopic (exact) mass is 222 g/mol. The van der Waals surface area contributed by atoms with Crippen LogP contribution in [0.1, 0.15) is 23.3 Å². The number of H-pyrrole nitrogens is 1. The molecule has 3 N–H and O–H groups in total. The first kappa shape index (κ1) is 9.26. The zero-order valence-electron chi connectivity index (χ0n) is 8.32. The van der Waals surface area contributed by atoms with Gasteiger partial charge in [-0.2, -0.15) is 0 Å². The fourth-order valence-electron chi connectivity index (χ4n) is 1.83. The van der Waals surface area contributed by atoms with Crippen LogP contribution in [0.25, 0.3) is 0 Å². The summed E-state index contributed by atoms with van der Waals surface area (Å²) in [6, 6.07) is 1.40. The van der Waals surface area contributed by atoms with Gasteiger partial charge in [-0.15, -0.1) is 0 Å². The Morgan fingerprint density at radius 3 is 2.88 bits per heavy atom. The molecule has 0 bridgehead atoms. The maximum absolute atomic E-state index is 11.6. The zero-order valence-corrected chi connectivity index (χ0v) is 8.32. The lowest BCUT2D eigenvalue weighted by Gasteiger charge is -2.22. The number of carboxylic acid groups (broad SMARTS) is 1. The molecule has 16 heavy (non-hydrogen) atoms. The fraction of sp³-hybridized carbons (Fsp3) is 0.400. The van der Waals surface area contributed by atoms with Crippen LogP contribution in [-0.4, -0.2) is 28.1 Å². The molecule has 0 aromatic carbocycles. The Hall–Kier alpha value is -1.98. The molecule has 1 aliphatic carbocycles. The summed E-state index contributed by atoms with van der Waals surface area (Å²) in [5, 5.41) is 11.4. The number of rotatable bonds is 2. The van der Waals surface area contributed by atoms with E-state index in [0.29, 0.717) is 11.6 Å². The number of anilines is 1. The summed E-state index contributed by atoms with van der Waals surface area (Å²) in [4.78, 5) is 24.9. The third kappa shape index (κ3) is 1.34.